The van der Waals surface area contributed by atoms with Crippen LogP contribution < -0.4 is 9.47 Å². The number of allylic oxidation sites excluding steroid dienone is 1. The van der Waals surface area contributed by atoms with Crippen LogP contribution in [0.25, 0.3) is 0 Å². The van der Waals surface area contributed by atoms with Gasteiger partial charge in [0, 0.05) is 18.2 Å². The first-order chi connectivity index (χ1) is 15.4. The first-order valence-corrected chi connectivity index (χ1v) is 12.5. The zero-order chi connectivity index (χ0) is 22.6. The fourth-order valence-electron chi connectivity index (χ4n) is 4.27. The summed E-state index contributed by atoms with van der Waals surface area (Å²) in [4.78, 5) is 0.257. The first kappa shape index (κ1) is 22.8. The highest BCUT2D eigenvalue weighted by Gasteiger charge is 2.39. The van der Waals surface area contributed by atoms with Gasteiger partial charge in [-0.05, 0) is 73.2 Å². The summed E-state index contributed by atoms with van der Waals surface area (Å²) in [5.41, 5.74) is 2.08. The maximum atomic E-state index is 12.7. The lowest BCUT2D eigenvalue weighted by Gasteiger charge is -2.34. The number of methoxy groups -OCH3 is 1. The third-order valence-electron chi connectivity index (χ3n) is 6.04. The SMILES string of the molecule is COc1cc(C)cc(COc2ccc(S(=O)(=O)/C=C/C3CCC4(CC3)OCCO4)cc2)c1. The van der Waals surface area contributed by atoms with Gasteiger partial charge in [0.1, 0.15) is 18.1 Å². The van der Waals surface area contributed by atoms with Crippen LogP contribution in [0, 0.1) is 12.8 Å². The second-order valence-corrected chi connectivity index (χ2v) is 10.3. The Morgan fingerprint density at radius 3 is 2.38 bits per heavy atom. The van der Waals surface area contributed by atoms with E-state index in [-0.39, 0.29) is 10.8 Å². The Bertz CT molecular complexity index is 1040. The van der Waals surface area contributed by atoms with Crippen LogP contribution in [0.4, 0.5) is 0 Å². The lowest BCUT2D eigenvalue weighted by molar-refractivity contribution is -0.180. The Balaban J connectivity index is 1.33. The molecule has 7 heteroatoms. The van der Waals surface area contributed by atoms with Gasteiger partial charge in [-0.1, -0.05) is 12.1 Å². The second kappa shape index (κ2) is 9.65. The van der Waals surface area contributed by atoms with Crippen LogP contribution in [0.1, 0.15) is 36.8 Å². The molecular weight excluding hydrogens is 428 g/mol. The van der Waals surface area contributed by atoms with Gasteiger partial charge in [0.25, 0.3) is 0 Å². The van der Waals surface area contributed by atoms with Crippen molar-refractivity contribution in [3.05, 3.63) is 65.1 Å². The molecule has 1 aliphatic heterocycles. The largest absolute Gasteiger partial charge is 0.497 e. The van der Waals surface area contributed by atoms with Crippen LogP contribution in [0.2, 0.25) is 0 Å². The monoisotopic (exact) mass is 458 g/mol. The summed E-state index contributed by atoms with van der Waals surface area (Å²) in [6, 6.07) is 12.5. The highest BCUT2D eigenvalue weighted by molar-refractivity contribution is 7.94. The van der Waals surface area contributed by atoms with Gasteiger partial charge in [-0.25, -0.2) is 8.42 Å². The summed E-state index contributed by atoms with van der Waals surface area (Å²) < 4.78 is 48.1. The predicted octanol–water partition coefficient (Wildman–Crippen LogP) is 4.80. The summed E-state index contributed by atoms with van der Waals surface area (Å²) in [6.07, 6.45) is 5.15. The van der Waals surface area contributed by atoms with E-state index < -0.39 is 15.6 Å². The molecule has 2 aromatic rings. The fraction of sp³-hybridized carbons (Fsp3) is 0.440. The van der Waals surface area contributed by atoms with Crippen LogP contribution >= 0.6 is 0 Å². The summed E-state index contributed by atoms with van der Waals surface area (Å²) >= 11 is 0. The molecule has 0 unspecified atom stereocenters. The molecule has 2 aliphatic rings. The lowest BCUT2D eigenvalue weighted by atomic mass is 9.85. The van der Waals surface area contributed by atoms with Gasteiger partial charge in [-0.3, -0.25) is 0 Å². The van der Waals surface area contributed by atoms with Gasteiger partial charge in [0.15, 0.2) is 15.6 Å². The average Bonchev–Trinajstić information content (AvgIpc) is 3.25. The first-order valence-electron chi connectivity index (χ1n) is 11.0. The quantitative estimate of drug-likeness (QED) is 0.593. The molecule has 2 aromatic carbocycles. The highest BCUT2D eigenvalue weighted by Crippen LogP contribution is 2.38. The molecule has 2 fully saturated rings. The number of benzene rings is 2. The molecule has 0 N–H and O–H groups in total. The minimum Gasteiger partial charge on any atom is -0.497 e. The van der Waals surface area contributed by atoms with E-state index in [1.54, 1.807) is 31.4 Å². The number of rotatable bonds is 7. The van der Waals surface area contributed by atoms with Gasteiger partial charge >= 0.3 is 0 Å². The van der Waals surface area contributed by atoms with Crippen molar-refractivity contribution in [1.82, 2.24) is 0 Å². The minimum atomic E-state index is -3.50. The third-order valence-corrected chi connectivity index (χ3v) is 7.48. The van der Waals surface area contributed by atoms with E-state index in [0.29, 0.717) is 25.6 Å². The average molecular weight is 459 g/mol. The molecule has 1 spiro atoms. The van der Waals surface area contributed by atoms with E-state index >= 15 is 0 Å². The van der Waals surface area contributed by atoms with Crippen molar-refractivity contribution in [3.63, 3.8) is 0 Å². The lowest BCUT2D eigenvalue weighted by Crippen LogP contribution is -2.34. The Morgan fingerprint density at radius 2 is 1.72 bits per heavy atom. The molecule has 1 saturated heterocycles. The molecular formula is C25H30O6S. The van der Waals surface area contributed by atoms with Crippen LogP contribution in [-0.2, 0) is 25.9 Å². The molecule has 0 atom stereocenters. The Kier molecular flexibility index (Phi) is 6.88. The summed E-state index contributed by atoms with van der Waals surface area (Å²) in [6.45, 7) is 3.67. The van der Waals surface area contributed by atoms with Crippen molar-refractivity contribution >= 4 is 9.84 Å². The van der Waals surface area contributed by atoms with E-state index in [2.05, 4.69) is 0 Å². The summed E-state index contributed by atoms with van der Waals surface area (Å²) in [7, 11) is -1.87. The van der Waals surface area contributed by atoms with Gasteiger partial charge in [0.05, 0.1) is 25.2 Å². The molecule has 1 saturated carbocycles. The molecule has 0 aromatic heterocycles. The Hall–Kier alpha value is -2.35. The number of hydrogen-bond acceptors (Lipinski definition) is 6. The number of aryl methyl sites for hydroxylation is 1. The molecule has 1 aliphatic carbocycles. The maximum Gasteiger partial charge on any atom is 0.199 e. The fourth-order valence-corrected chi connectivity index (χ4v) is 5.37. The summed E-state index contributed by atoms with van der Waals surface area (Å²) in [5, 5.41) is 1.33. The summed E-state index contributed by atoms with van der Waals surface area (Å²) in [5.74, 6) is 1.19. The van der Waals surface area contributed by atoms with Crippen molar-refractivity contribution in [2.75, 3.05) is 20.3 Å². The van der Waals surface area contributed by atoms with Gasteiger partial charge in [-0.2, -0.15) is 0 Å². The van der Waals surface area contributed by atoms with Crippen LogP contribution in [0.15, 0.2) is 58.8 Å². The third kappa shape index (κ3) is 5.52. The van der Waals surface area contributed by atoms with Gasteiger partial charge < -0.3 is 18.9 Å². The predicted molar refractivity (Wildman–Crippen MR) is 121 cm³/mol. The maximum absolute atomic E-state index is 12.7. The van der Waals surface area contributed by atoms with E-state index in [1.807, 2.05) is 31.2 Å². The number of ether oxygens (including phenoxy) is 4. The standard InChI is InChI=1S/C25H30O6S/c1-19-15-21(17-23(16-19)28-2)18-29-22-3-5-24(6-4-22)32(26,27)14-9-20-7-10-25(11-8-20)30-12-13-31-25/h3-6,9,14-17,20H,7-8,10-13,18H2,1-2H3/b14-9+. The molecule has 1 heterocycles. The molecule has 32 heavy (non-hydrogen) atoms. The smallest absolute Gasteiger partial charge is 0.199 e. The van der Waals surface area contributed by atoms with E-state index in [1.165, 1.54) is 5.41 Å². The van der Waals surface area contributed by atoms with Crippen molar-refractivity contribution in [3.8, 4) is 11.5 Å². The molecule has 172 valence electrons. The topological polar surface area (TPSA) is 71.1 Å². The van der Waals surface area contributed by atoms with Crippen LogP contribution in [-0.4, -0.2) is 34.5 Å². The Labute approximate surface area is 190 Å². The van der Waals surface area contributed by atoms with Gasteiger partial charge in [-0.15, -0.1) is 0 Å². The number of hydrogen-bond donors (Lipinski definition) is 0. The Morgan fingerprint density at radius 1 is 1.03 bits per heavy atom. The van der Waals surface area contributed by atoms with Crippen molar-refractivity contribution < 1.29 is 27.4 Å². The second-order valence-electron chi connectivity index (χ2n) is 8.44. The normalized spacial score (nSPS) is 18.9. The van der Waals surface area contributed by atoms with E-state index in [0.717, 1.165) is 42.6 Å². The van der Waals surface area contributed by atoms with E-state index in [4.69, 9.17) is 18.9 Å². The molecule has 6 nitrogen and oxygen atoms in total. The van der Waals surface area contributed by atoms with Crippen LogP contribution in [0.3, 0.4) is 0 Å². The van der Waals surface area contributed by atoms with Crippen molar-refractivity contribution in [2.45, 2.75) is 49.9 Å². The van der Waals surface area contributed by atoms with Crippen LogP contribution in [0.5, 0.6) is 11.5 Å². The van der Waals surface area contributed by atoms with Crippen molar-refractivity contribution in [1.29, 1.82) is 0 Å². The van der Waals surface area contributed by atoms with Crippen molar-refractivity contribution in [2.24, 2.45) is 5.92 Å². The van der Waals surface area contributed by atoms with E-state index in [9.17, 15) is 8.42 Å². The highest BCUT2D eigenvalue weighted by atomic mass is 32.2. The molecule has 4 rings (SSSR count). The number of sulfone groups is 1. The zero-order valence-electron chi connectivity index (χ0n) is 18.6. The minimum absolute atomic E-state index is 0.220. The zero-order valence-corrected chi connectivity index (χ0v) is 19.4. The molecule has 0 amide bonds. The molecule has 0 bridgehead atoms. The molecule has 0 radical (unpaired) electrons. The van der Waals surface area contributed by atoms with Gasteiger partial charge in [0.2, 0.25) is 0 Å².